The molecule has 0 atom stereocenters. The summed E-state index contributed by atoms with van der Waals surface area (Å²) in [5.41, 5.74) is 0. The summed E-state index contributed by atoms with van der Waals surface area (Å²) in [4.78, 5) is 0. The lowest BCUT2D eigenvalue weighted by Crippen LogP contribution is -2.37. The minimum Gasteiger partial charge on any atom is -0.395 e. The Hall–Kier alpha value is -0.0900. The highest BCUT2D eigenvalue weighted by Crippen LogP contribution is 2.57. The first-order valence-corrected chi connectivity index (χ1v) is 6.87. The molecule has 0 amide bonds. The highest BCUT2D eigenvalue weighted by molar-refractivity contribution is 7.94. The highest BCUT2D eigenvalue weighted by Gasteiger charge is 2.66. The Kier molecular flexibility index (Phi) is 2.20. The first-order chi connectivity index (χ1) is 6.54. The molecule has 0 saturated heterocycles. The fourth-order valence-electron chi connectivity index (χ4n) is 2.36. The van der Waals surface area contributed by atoms with Crippen molar-refractivity contribution in [2.45, 2.75) is 54.9 Å². The van der Waals surface area contributed by atoms with E-state index in [1.807, 2.05) is 6.92 Å². The van der Waals surface area contributed by atoms with E-state index < -0.39 is 19.3 Å². The Balaban J connectivity index is 2.25. The topological polar surface area (TPSA) is 54.4 Å². The summed E-state index contributed by atoms with van der Waals surface area (Å²) < 4.78 is 23.3. The maximum Gasteiger partial charge on any atom is 0.163 e. The van der Waals surface area contributed by atoms with Crippen LogP contribution in [0.3, 0.4) is 0 Å². The van der Waals surface area contributed by atoms with E-state index in [0.717, 1.165) is 25.7 Å². The van der Waals surface area contributed by atoms with Crippen LogP contribution in [0.2, 0.25) is 0 Å². The molecule has 0 radical (unpaired) electrons. The monoisotopic (exact) mass is 218 g/mol. The van der Waals surface area contributed by atoms with E-state index in [2.05, 4.69) is 0 Å². The van der Waals surface area contributed by atoms with Crippen LogP contribution in [0.1, 0.15) is 45.4 Å². The maximum absolute atomic E-state index is 12.3. The minimum absolute atomic E-state index is 0.180. The van der Waals surface area contributed by atoms with Crippen LogP contribution in [-0.4, -0.2) is 29.6 Å². The molecular formula is C10H18O3S. The second-order valence-corrected chi connectivity index (χ2v) is 7.52. The second kappa shape index (κ2) is 2.95. The Morgan fingerprint density at radius 1 is 1.14 bits per heavy atom. The van der Waals surface area contributed by atoms with Crippen LogP contribution in [0.4, 0.5) is 0 Å². The van der Waals surface area contributed by atoms with Gasteiger partial charge in [-0.3, -0.25) is 0 Å². The summed E-state index contributed by atoms with van der Waals surface area (Å²) in [6.45, 7) is 1.84. The lowest BCUT2D eigenvalue weighted by molar-refractivity contribution is 0.282. The molecule has 0 bridgehead atoms. The average Bonchev–Trinajstić information content (AvgIpc) is 3.01. The molecule has 2 fully saturated rings. The second-order valence-electron chi connectivity index (χ2n) is 4.78. The third kappa shape index (κ3) is 1.16. The van der Waals surface area contributed by atoms with E-state index >= 15 is 0 Å². The van der Waals surface area contributed by atoms with E-state index in [0.29, 0.717) is 12.8 Å². The van der Waals surface area contributed by atoms with Gasteiger partial charge in [0.1, 0.15) is 0 Å². The van der Waals surface area contributed by atoms with Crippen molar-refractivity contribution in [3.05, 3.63) is 0 Å². The number of hydrogen-bond donors (Lipinski definition) is 1. The summed E-state index contributed by atoms with van der Waals surface area (Å²) in [5, 5.41) is 9.17. The molecule has 1 N–H and O–H groups in total. The quantitative estimate of drug-likeness (QED) is 0.756. The third-order valence-corrected chi connectivity index (χ3v) is 7.18. The van der Waals surface area contributed by atoms with Crippen molar-refractivity contribution in [1.82, 2.24) is 0 Å². The van der Waals surface area contributed by atoms with Gasteiger partial charge in [-0.05, 0) is 32.1 Å². The molecule has 82 valence electrons. The van der Waals surface area contributed by atoms with Gasteiger partial charge in [-0.1, -0.05) is 13.3 Å². The SMILES string of the molecule is CCCC1(S(=O)(=O)C2(CO)CC2)CC1. The molecule has 4 heteroatoms. The molecule has 14 heavy (non-hydrogen) atoms. The lowest BCUT2D eigenvalue weighted by Gasteiger charge is -2.21. The molecule has 0 aromatic heterocycles. The first-order valence-electron chi connectivity index (χ1n) is 5.39. The van der Waals surface area contributed by atoms with Crippen molar-refractivity contribution in [2.75, 3.05) is 6.61 Å². The van der Waals surface area contributed by atoms with Gasteiger partial charge >= 0.3 is 0 Å². The predicted molar refractivity (Wildman–Crippen MR) is 54.8 cm³/mol. The third-order valence-electron chi connectivity index (χ3n) is 3.75. The Morgan fingerprint density at radius 2 is 1.64 bits per heavy atom. The number of rotatable bonds is 5. The number of aliphatic hydroxyl groups excluding tert-OH is 1. The molecule has 0 spiro atoms. The van der Waals surface area contributed by atoms with Gasteiger partial charge in [0.25, 0.3) is 0 Å². The Morgan fingerprint density at radius 3 is 1.93 bits per heavy atom. The van der Waals surface area contributed by atoms with Gasteiger partial charge < -0.3 is 5.11 Å². The van der Waals surface area contributed by atoms with Crippen molar-refractivity contribution in [1.29, 1.82) is 0 Å². The van der Waals surface area contributed by atoms with E-state index in [9.17, 15) is 13.5 Å². The van der Waals surface area contributed by atoms with Gasteiger partial charge in [0.2, 0.25) is 0 Å². The van der Waals surface area contributed by atoms with Crippen LogP contribution in [0.15, 0.2) is 0 Å². The van der Waals surface area contributed by atoms with Crippen LogP contribution in [0.25, 0.3) is 0 Å². The smallest absolute Gasteiger partial charge is 0.163 e. The maximum atomic E-state index is 12.3. The van der Waals surface area contributed by atoms with E-state index in [-0.39, 0.29) is 6.61 Å². The lowest BCUT2D eigenvalue weighted by atomic mass is 10.2. The van der Waals surface area contributed by atoms with E-state index in [1.54, 1.807) is 0 Å². The summed E-state index contributed by atoms with van der Waals surface area (Å²) in [7, 11) is -3.08. The van der Waals surface area contributed by atoms with Crippen LogP contribution in [0, 0.1) is 0 Å². The number of hydrogen-bond acceptors (Lipinski definition) is 3. The van der Waals surface area contributed by atoms with Crippen molar-refractivity contribution >= 4 is 9.84 Å². The van der Waals surface area contributed by atoms with Crippen molar-refractivity contribution in [3.8, 4) is 0 Å². The average molecular weight is 218 g/mol. The fourth-order valence-corrected chi connectivity index (χ4v) is 5.20. The minimum atomic E-state index is -3.08. The van der Waals surface area contributed by atoms with Gasteiger partial charge in [-0.2, -0.15) is 0 Å². The Labute approximate surface area is 85.4 Å². The normalized spacial score (nSPS) is 27.3. The number of sulfone groups is 1. The van der Waals surface area contributed by atoms with E-state index in [1.165, 1.54) is 0 Å². The summed E-state index contributed by atoms with van der Waals surface area (Å²) in [5.74, 6) is 0. The van der Waals surface area contributed by atoms with Gasteiger partial charge in [-0.25, -0.2) is 8.42 Å². The zero-order valence-electron chi connectivity index (χ0n) is 8.62. The van der Waals surface area contributed by atoms with Crippen LogP contribution in [-0.2, 0) is 9.84 Å². The standard InChI is InChI=1S/C10H18O3S/c1-2-3-9(4-5-9)14(12,13)10(8-11)6-7-10/h11H,2-8H2,1H3. The highest BCUT2D eigenvalue weighted by atomic mass is 32.2. The summed E-state index contributed by atoms with van der Waals surface area (Å²) >= 11 is 0. The summed E-state index contributed by atoms with van der Waals surface area (Å²) in [6, 6.07) is 0. The Bertz CT molecular complexity index is 323. The zero-order chi connectivity index (χ0) is 10.4. The fraction of sp³-hybridized carbons (Fsp3) is 1.00. The first kappa shape index (κ1) is 10.4. The van der Waals surface area contributed by atoms with Crippen molar-refractivity contribution < 1.29 is 13.5 Å². The zero-order valence-corrected chi connectivity index (χ0v) is 9.44. The molecule has 0 aromatic rings. The molecule has 0 heterocycles. The molecule has 0 unspecified atom stereocenters. The predicted octanol–water partition coefficient (Wildman–Crippen LogP) is 1.26. The molecule has 2 rings (SSSR count). The van der Waals surface area contributed by atoms with Gasteiger partial charge in [0, 0.05) is 0 Å². The summed E-state index contributed by atoms with van der Waals surface area (Å²) in [6.07, 6.45) is 4.64. The van der Waals surface area contributed by atoms with Crippen molar-refractivity contribution in [2.24, 2.45) is 0 Å². The molecule has 3 nitrogen and oxygen atoms in total. The van der Waals surface area contributed by atoms with Gasteiger partial charge in [-0.15, -0.1) is 0 Å². The molecule has 0 aromatic carbocycles. The van der Waals surface area contributed by atoms with E-state index in [4.69, 9.17) is 0 Å². The molecule has 2 saturated carbocycles. The van der Waals surface area contributed by atoms with Gasteiger partial charge in [0.15, 0.2) is 9.84 Å². The largest absolute Gasteiger partial charge is 0.395 e. The van der Waals surface area contributed by atoms with Crippen LogP contribution >= 0.6 is 0 Å². The number of aliphatic hydroxyl groups is 1. The van der Waals surface area contributed by atoms with Crippen LogP contribution < -0.4 is 0 Å². The molecule has 2 aliphatic carbocycles. The molecular weight excluding hydrogens is 200 g/mol. The van der Waals surface area contributed by atoms with Crippen molar-refractivity contribution in [3.63, 3.8) is 0 Å². The molecule has 2 aliphatic rings. The van der Waals surface area contributed by atoms with Crippen LogP contribution in [0.5, 0.6) is 0 Å². The van der Waals surface area contributed by atoms with Gasteiger partial charge in [0.05, 0.1) is 16.1 Å². The molecule has 0 aliphatic heterocycles.